The van der Waals surface area contributed by atoms with Crippen LogP contribution in [-0.2, 0) is 11.2 Å². The first-order valence-electron chi connectivity index (χ1n) is 8.82. The molecule has 0 fully saturated rings. The van der Waals surface area contributed by atoms with Crippen molar-refractivity contribution in [2.45, 2.75) is 53.1 Å². The van der Waals surface area contributed by atoms with Crippen molar-refractivity contribution in [1.82, 2.24) is 5.32 Å². The largest absolute Gasteiger partial charge is 0.483 e. The van der Waals surface area contributed by atoms with Crippen LogP contribution < -0.4 is 14.8 Å². The summed E-state index contributed by atoms with van der Waals surface area (Å²) in [6.07, 6.45) is 1.71. The van der Waals surface area contributed by atoms with Crippen molar-refractivity contribution in [3.63, 3.8) is 0 Å². The molecule has 5 heteroatoms. The van der Waals surface area contributed by atoms with Gasteiger partial charge in [0.1, 0.15) is 11.4 Å². The van der Waals surface area contributed by atoms with E-state index in [1.807, 2.05) is 32.0 Å². The molecule has 1 amide bonds. The van der Waals surface area contributed by atoms with Crippen LogP contribution in [0.3, 0.4) is 0 Å². The Kier molecular flexibility index (Phi) is 4.58. The van der Waals surface area contributed by atoms with E-state index >= 15 is 0 Å². The van der Waals surface area contributed by atoms with Crippen LogP contribution in [0.4, 0.5) is 0 Å². The Bertz CT molecular complexity index is 768. The fourth-order valence-corrected chi connectivity index (χ4v) is 3.30. The predicted octanol–water partition coefficient (Wildman–Crippen LogP) is 3.87. The third kappa shape index (κ3) is 3.55. The van der Waals surface area contributed by atoms with Crippen LogP contribution in [0.15, 0.2) is 34.5 Å². The Morgan fingerprint density at radius 1 is 1.48 bits per heavy atom. The zero-order valence-corrected chi connectivity index (χ0v) is 15.6. The molecule has 0 bridgehead atoms. The monoisotopic (exact) mass is 344 g/mol. The average Bonchev–Trinajstić information content (AvgIpc) is 3.02. The van der Waals surface area contributed by atoms with Crippen molar-refractivity contribution in [2.75, 3.05) is 6.61 Å². The molecule has 3 rings (SSSR count). The first kappa shape index (κ1) is 17.5. The van der Waals surface area contributed by atoms with Gasteiger partial charge in [0.15, 0.2) is 18.1 Å². The van der Waals surface area contributed by atoms with Crippen molar-refractivity contribution in [3.05, 3.63) is 35.0 Å². The maximum Gasteiger partial charge on any atom is 0.263 e. The number of allylic oxidation sites excluding steroid dienone is 1. The van der Waals surface area contributed by atoms with Gasteiger partial charge in [-0.3, -0.25) is 4.79 Å². The summed E-state index contributed by atoms with van der Waals surface area (Å²) in [7, 11) is 0. The standard InChI is InChI=1S/C20H26N2O3.H2/c1-6-15-12(2)13(3)19(21-15)22-17(23)11-24-16-9-7-8-14-10-20(4,5)25-18(14)16;/h7-9,13H,6,10-11H2,1-5H3,(H,21,22,23);1H. The highest BCUT2D eigenvalue weighted by Gasteiger charge is 2.32. The van der Waals surface area contributed by atoms with E-state index in [0.29, 0.717) is 11.6 Å². The molecule has 0 saturated carbocycles. The van der Waals surface area contributed by atoms with E-state index in [9.17, 15) is 4.79 Å². The summed E-state index contributed by atoms with van der Waals surface area (Å²) in [4.78, 5) is 16.8. The number of para-hydroxylation sites is 1. The number of rotatable bonds is 4. The molecule has 2 aliphatic rings. The zero-order valence-electron chi connectivity index (χ0n) is 15.6. The molecule has 136 valence electrons. The fourth-order valence-electron chi connectivity index (χ4n) is 3.30. The Balaban J connectivity index is 0.00000243. The third-order valence-electron chi connectivity index (χ3n) is 4.79. The average molecular weight is 344 g/mol. The smallest absolute Gasteiger partial charge is 0.263 e. The number of hydrogen-bond donors (Lipinski definition) is 1. The van der Waals surface area contributed by atoms with Gasteiger partial charge in [0.05, 0.1) is 0 Å². The molecular formula is C20H28N2O3. The number of hydrogen-bond acceptors (Lipinski definition) is 4. The van der Waals surface area contributed by atoms with Gasteiger partial charge in [0, 0.05) is 25.0 Å². The molecule has 1 aromatic carbocycles. The van der Waals surface area contributed by atoms with E-state index in [2.05, 4.69) is 31.1 Å². The van der Waals surface area contributed by atoms with Crippen LogP contribution in [0.5, 0.6) is 11.5 Å². The van der Waals surface area contributed by atoms with Crippen molar-refractivity contribution >= 4 is 11.7 Å². The molecule has 1 atom stereocenters. The second kappa shape index (κ2) is 6.54. The van der Waals surface area contributed by atoms with Gasteiger partial charge in [0.2, 0.25) is 0 Å². The molecule has 0 radical (unpaired) electrons. The van der Waals surface area contributed by atoms with Crippen LogP contribution >= 0.6 is 0 Å². The number of aliphatic imine (C=N–C) groups is 1. The number of benzene rings is 1. The normalized spacial score (nSPS) is 20.8. The highest BCUT2D eigenvalue weighted by Crippen LogP contribution is 2.41. The van der Waals surface area contributed by atoms with Crippen molar-refractivity contribution in [2.24, 2.45) is 10.9 Å². The summed E-state index contributed by atoms with van der Waals surface area (Å²) >= 11 is 0. The van der Waals surface area contributed by atoms with Crippen molar-refractivity contribution in [1.29, 1.82) is 0 Å². The SMILES string of the molecule is CCC1=C(C)C(C)C(NC(=O)COc2cccc3c2OC(C)(C)C3)=N1.[HH]. The van der Waals surface area contributed by atoms with Crippen molar-refractivity contribution < 1.29 is 15.7 Å². The number of fused-ring (bicyclic) bond motifs is 1. The first-order valence-corrected chi connectivity index (χ1v) is 8.82. The van der Waals surface area contributed by atoms with Crippen LogP contribution in [-0.4, -0.2) is 24.0 Å². The van der Waals surface area contributed by atoms with Gasteiger partial charge in [-0.2, -0.15) is 0 Å². The summed E-state index contributed by atoms with van der Waals surface area (Å²) in [6.45, 7) is 10.2. The summed E-state index contributed by atoms with van der Waals surface area (Å²) in [5.74, 6) is 2.01. The second-order valence-corrected chi connectivity index (χ2v) is 7.32. The number of nitrogens with zero attached hydrogens (tertiary/aromatic N) is 1. The van der Waals surface area contributed by atoms with E-state index < -0.39 is 0 Å². The maximum absolute atomic E-state index is 12.3. The Hall–Kier alpha value is -2.30. The minimum Gasteiger partial charge on any atom is -0.483 e. The molecule has 1 unspecified atom stereocenters. The van der Waals surface area contributed by atoms with Gasteiger partial charge in [0.25, 0.3) is 5.91 Å². The van der Waals surface area contributed by atoms with E-state index in [4.69, 9.17) is 9.47 Å². The summed E-state index contributed by atoms with van der Waals surface area (Å²) < 4.78 is 11.7. The molecular weight excluding hydrogens is 316 g/mol. The second-order valence-electron chi connectivity index (χ2n) is 7.32. The molecule has 2 aliphatic heterocycles. The molecule has 0 aliphatic carbocycles. The van der Waals surface area contributed by atoms with E-state index in [1.54, 1.807) is 0 Å². The van der Waals surface area contributed by atoms with Crippen LogP contribution in [0.2, 0.25) is 0 Å². The number of ether oxygens (including phenoxy) is 2. The van der Waals surface area contributed by atoms with Gasteiger partial charge in [-0.25, -0.2) is 4.99 Å². The lowest BCUT2D eigenvalue weighted by Crippen LogP contribution is -2.37. The molecule has 5 nitrogen and oxygen atoms in total. The van der Waals surface area contributed by atoms with Gasteiger partial charge in [-0.15, -0.1) is 0 Å². The van der Waals surface area contributed by atoms with E-state index in [0.717, 1.165) is 29.9 Å². The first-order chi connectivity index (χ1) is 11.8. The molecule has 0 spiro atoms. The van der Waals surface area contributed by atoms with Gasteiger partial charge in [-0.05, 0) is 38.8 Å². The van der Waals surface area contributed by atoms with Gasteiger partial charge < -0.3 is 14.8 Å². The van der Waals surface area contributed by atoms with Crippen molar-refractivity contribution in [3.8, 4) is 11.5 Å². The Morgan fingerprint density at radius 3 is 2.92 bits per heavy atom. The third-order valence-corrected chi connectivity index (χ3v) is 4.79. The number of nitrogens with one attached hydrogen (secondary N) is 1. The number of amides is 1. The number of carbonyl (C=O) groups is 1. The maximum atomic E-state index is 12.3. The molecule has 2 heterocycles. The molecule has 1 aromatic rings. The van der Waals surface area contributed by atoms with Gasteiger partial charge in [-0.1, -0.05) is 26.0 Å². The summed E-state index contributed by atoms with van der Waals surface area (Å²) in [5.41, 5.74) is 3.15. The minimum absolute atomic E-state index is 0. The highest BCUT2D eigenvalue weighted by molar-refractivity contribution is 6.02. The Labute approximate surface area is 150 Å². The lowest BCUT2D eigenvalue weighted by Gasteiger charge is -2.18. The highest BCUT2D eigenvalue weighted by atomic mass is 16.5. The molecule has 0 saturated heterocycles. The molecule has 0 aromatic heterocycles. The summed E-state index contributed by atoms with van der Waals surface area (Å²) in [6, 6.07) is 5.80. The summed E-state index contributed by atoms with van der Waals surface area (Å²) in [5, 5.41) is 2.88. The van der Waals surface area contributed by atoms with Crippen LogP contribution in [0, 0.1) is 5.92 Å². The molecule has 1 N–H and O–H groups in total. The van der Waals surface area contributed by atoms with E-state index in [-0.39, 0.29) is 25.5 Å². The predicted molar refractivity (Wildman–Crippen MR) is 100 cm³/mol. The van der Waals surface area contributed by atoms with Gasteiger partial charge >= 0.3 is 0 Å². The van der Waals surface area contributed by atoms with Crippen LogP contribution in [0.1, 0.15) is 48.0 Å². The number of amidine groups is 1. The molecule has 25 heavy (non-hydrogen) atoms. The topological polar surface area (TPSA) is 59.9 Å². The van der Waals surface area contributed by atoms with Crippen LogP contribution in [0.25, 0.3) is 0 Å². The lowest BCUT2D eigenvalue weighted by molar-refractivity contribution is -0.121. The zero-order chi connectivity index (χ0) is 18.2. The fraction of sp³-hybridized carbons (Fsp3) is 0.500. The Morgan fingerprint density at radius 2 is 2.24 bits per heavy atom. The number of carbonyl (C=O) groups excluding carboxylic acids is 1. The minimum atomic E-state index is -0.238. The van der Waals surface area contributed by atoms with E-state index in [1.165, 1.54) is 5.57 Å². The quantitative estimate of drug-likeness (QED) is 0.902. The lowest BCUT2D eigenvalue weighted by atomic mass is 10.0.